The summed E-state index contributed by atoms with van der Waals surface area (Å²) in [6.45, 7) is 0.406. The van der Waals surface area contributed by atoms with E-state index in [4.69, 9.17) is 9.47 Å². The topological polar surface area (TPSA) is 101 Å². The van der Waals surface area contributed by atoms with Gasteiger partial charge >= 0.3 is 12.1 Å². The zero-order valence-electron chi connectivity index (χ0n) is 15.5. The molecule has 0 aliphatic carbocycles. The molecule has 0 fully saturated rings. The van der Waals surface area contributed by atoms with Crippen molar-refractivity contribution in [2.45, 2.75) is 26.6 Å². The van der Waals surface area contributed by atoms with Crippen LogP contribution in [0.2, 0.25) is 0 Å². The molecule has 2 aromatic rings. The number of rotatable bonds is 8. The van der Waals surface area contributed by atoms with Gasteiger partial charge in [-0.05, 0) is 32.0 Å². The van der Waals surface area contributed by atoms with Gasteiger partial charge in [-0.25, -0.2) is 4.79 Å². The summed E-state index contributed by atoms with van der Waals surface area (Å²) < 4.78 is 48.8. The van der Waals surface area contributed by atoms with E-state index in [0.717, 1.165) is 4.57 Å². The number of Topliss-reactive ketones (excluding diaryl/α,β-unsaturated/α-hetero) is 1. The number of esters is 1. The first-order chi connectivity index (χ1) is 13.5. The van der Waals surface area contributed by atoms with Crippen molar-refractivity contribution in [3.05, 3.63) is 57.4 Å². The molecule has 29 heavy (non-hydrogen) atoms. The maximum absolute atomic E-state index is 12.6. The molecule has 2 rings (SSSR count). The lowest BCUT2D eigenvalue weighted by Gasteiger charge is -2.12. The van der Waals surface area contributed by atoms with Crippen LogP contribution in [0.25, 0.3) is 0 Å². The number of hydrogen-bond donors (Lipinski definition) is 0. The van der Waals surface area contributed by atoms with Gasteiger partial charge in [0.05, 0.1) is 4.92 Å². The van der Waals surface area contributed by atoms with Crippen LogP contribution in [0, 0.1) is 24.0 Å². The molecule has 1 heterocycles. The van der Waals surface area contributed by atoms with Crippen molar-refractivity contribution in [3.63, 3.8) is 0 Å². The van der Waals surface area contributed by atoms with Crippen LogP contribution in [-0.4, -0.2) is 40.6 Å². The number of carbonyl (C=O) groups is 2. The van der Waals surface area contributed by atoms with Gasteiger partial charge in [0.2, 0.25) is 5.78 Å². The summed E-state index contributed by atoms with van der Waals surface area (Å²) >= 11 is 0. The Kier molecular flexibility index (Phi) is 6.62. The Morgan fingerprint density at radius 1 is 1.14 bits per heavy atom. The summed E-state index contributed by atoms with van der Waals surface area (Å²) in [6.07, 6.45) is -4.43. The minimum Gasteiger partial charge on any atom is -0.482 e. The average molecular weight is 414 g/mol. The Bertz CT molecular complexity index is 919. The van der Waals surface area contributed by atoms with Crippen LogP contribution in [0.15, 0.2) is 30.3 Å². The number of nitro benzene ring substituents is 1. The van der Waals surface area contributed by atoms with Gasteiger partial charge in [0.15, 0.2) is 13.2 Å². The molecule has 8 nitrogen and oxygen atoms in total. The molecular weight excluding hydrogens is 397 g/mol. The number of halogens is 3. The molecule has 0 aliphatic rings. The number of aryl methyl sites for hydroxylation is 1. The van der Waals surface area contributed by atoms with Crippen LogP contribution in [-0.2, 0) is 16.1 Å². The summed E-state index contributed by atoms with van der Waals surface area (Å²) in [4.78, 5) is 33.9. The summed E-state index contributed by atoms with van der Waals surface area (Å²) in [5.41, 5.74) is 0.281. The number of carbonyl (C=O) groups excluding carboxylic acids is 2. The molecule has 0 radical (unpaired) electrons. The molecule has 0 unspecified atom stereocenters. The maximum Gasteiger partial charge on any atom is 0.406 e. The second kappa shape index (κ2) is 8.76. The van der Waals surface area contributed by atoms with Crippen LogP contribution < -0.4 is 4.74 Å². The highest BCUT2D eigenvalue weighted by Crippen LogP contribution is 2.23. The van der Waals surface area contributed by atoms with Crippen molar-refractivity contribution in [2.75, 3.05) is 13.2 Å². The number of nitro groups is 1. The van der Waals surface area contributed by atoms with E-state index in [1.54, 1.807) is 0 Å². The Labute approximate surface area is 163 Å². The van der Waals surface area contributed by atoms with Gasteiger partial charge < -0.3 is 14.0 Å². The molecule has 11 heteroatoms. The van der Waals surface area contributed by atoms with Crippen LogP contribution in [0.5, 0.6) is 5.75 Å². The van der Waals surface area contributed by atoms with Gasteiger partial charge in [0.25, 0.3) is 5.69 Å². The van der Waals surface area contributed by atoms with E-state index < -0.39 is 42.6 Å². The van der Waals surface area contributed by atoms with Crippen LogP contribution in [0.3, 0.4) is 0 Å². The number of benzene rings is 1. The molecule has 156 valence electrons. The standard InChI is InChI=1S/C18H17F3N2O6/c1-11-7-15(12(2)22(11)10-18(19,20)21)16(24)8-29-17(25)9-28-14-5-3-13(4-6-14)23(26)27/h3-7H,8-10H2,1-2H3. The molecule has 1 aromatic heterocycles. The minimum absolute atomic E-state index is 0.0378. The van der Waals surface area contributed by atoms with E-state index in [2.05, 4.69) is 0 Å². The highest BCUT2D eigenvalue weighted by molar-refractivity contribution is 5.99. The fourth-order valence-electron chi connectivity index (χ4n) is 2.58. The van der Waals surface area contributed by atoms with E-state index in [-0.39, 0.29) is 28.4 Å². The van der Waals surface area contributed by atoms with Crippen molar-refractivity contribution >= 4 is 17.4 Å². The van der Waals surface area contributed by atoms with E-state index in [9.17, 15) is 32.9 Å². The third-order valence-electron chi connectivity index (χ3n) is 3.98. The Hall–Kier alpha value is -3.37. The lowest BCUT2D eigenvalue weighted by atomic mass is 10.1. The number of aromatic nitrogens is 1. The molecular formula is C18H17F3N2O6. The summed E-state index contributed by atoms with van der Waals surface area (Å²) in [7, 11) is 0. The summed E-state index contributed by atoms with van der Waals surface area (Å²) in [6, 6.07) is 6.30. The monoisotopic (exact) mass is 414 g/mol. The van der Waals surface area contributed by atoms with Crippen LogP contribution >= 0.6 is 0 Å². The fourth-order valence-corrected chi connectivity index (χ4v) is 2.58. The molecule has 0 amide bonds. The van der Waals surface area contributed by atoms with Gasteiger partial charge in [-0.1, -0.05) is 0 Å². The quantitative estimate of drug-likeness (QED) is 0.284. The second-order valence-corrected chi connectivity index (χ2v) is 6.11. The van der Waals surface area contributed by atoms with Crippen molar-refractivity contribution in [3.8, 4) is 5.75 Å². The fraction of sp³-hybridized carbons (Fsp3) is 0.333. The Morgan fingerprint density at radius 2 is 1.76 bits per heavy atom. The third-order valence-corrected chi connectivity index (χ3v) is 3.98. The lowest BCUT2D eigenvalue weighted by molar-refractivity contribution is -0.384. The average Bonchev–Trinajstić information content (AvgIpc) is 2.91. The van der Waals surface area contributed by atoms with E-state index >= 15 is 0 Å². The number of non-ortho nitro benzene ring substituents is 1. The number of ether oxygens (including phenoxy) is 2. The predicted molar refractivity (Wildman–Crippen MR) is 93.8 cm³/mol. The number of ketones is 1. The first-order valence-electron chi connectivity index (χ1n) is 8.27. The molecule has 0 N–H and O–H groups in total. The Balaban J connectivity index is 1.89. The van der Waals surface area contributed by atoms with Crippen molar-refractivity contribution in [2.24, 2.45) is 0 Å². The van der Waals surface area contributed by atoms with Crippen LogP contribution in [0.4, 0.5) is 18.9 Å². The zero-order valence-corrected chi connectivity index (χ0v) is 15.5. The molecule has 0 saturated heterocycles. The first kappa shape index (κ1) is 21.9. The Morgan fingerprint density at radius 3 is 2.31 bits per heavy atom. The minimum atomic E-state index is -4.43. The van der Waals surface area contributed by atoms with E-state index in [0.29, 0.717) is 0 Å². The molecule has 0 spiro atoms. The largest absolute Gasteiger partial charge is 0.482 e. The SMILES string of the molecule is Cc1cc(C(=O)COC(=O)COc2ccc([N+](=O)[O-])cc2)c(C)n1CC(F)(F)F. The van der Waals surface area contributed by atoms with Crippen molar-refractivity contribution < 1.29 is 37.2 Å². The number of hydrogen-bond acceptors (Lipinski definition) is 6. The summed E-state index contributed by atoms with van der Waals surface area (Å²) in [5.74, 6) is -1.33. The highest BCUT2D eigenvalue weighted by Gasteiger charge is 2.30. The van der Waals surface area contributed by atoms with Gasteiger partial charge in [0.1, 0.15) is 12.3 Å². The predicted octanol–water partition coefficient (Wildman–Crippen LogP) is 3.38. The van der Waals surface area contributed by atoms with Gasteiger partial charge in [0, 0.05) is 29.1 Å². The van der Waals surface area contributed by atoms with E-state index in [1.165, 1.54) is 44.2 Å². The van der Waals surface area contributed by atoms with Gasteiger partial charge in [-0.3, -0.25) is 14.9 Å². The molecule has 0 bridgehead atoms. The number of nitrogens with zero attached hydrogens (tertiary/aromatic N) is 2. The third kappa shape index (κ3) is 6.06. The van der Waals surface area contributed by atoms with Crippen LogP contribution in [0.1, 0.15) is 21.7 Å². The highest BCUT2D eigenvalue weighted by atomic mass is 19.4. The lowest BCUT2D eigenvalue weighted by Crippen LogP contribution is -2.21. The van der Waals surface area contributed by atoms with E-state index in [1.807, 2.05) is 0 Å². The smallest absolute Gasteiger partial charge is 0.406 e. The summed E-state index contributed by atoms with van der Waals surface area (Å²) in [5, 5.41) is 10.6. The zero-order chi connectivity index (χ0) is 21.8. The van der Waals surface area contributed by atoms with Crippen molar-refractivity contribution in [1.82, 2.24) is 4.57 Å². The molecule has 1 aromatic carbocycles. The molecule has 0 aliphatic heterocycles. The van der Waals surface area contributed by atoms with Crippen molar-refractivity contribution in [1.29, 1.82) is 0 Å². The van der Waals surface area contributed by atoms with Gasteiger partial charge in [-0.15, -0.1) is 0 Å². The number of alkyl halides is 3. The molecule has 0 atom stereocenters. The van der Waals surface area contributed by atoms with Gasteiger partial charge in [-0.2, -0.15) is 13.2 Å². The molecule has 0 saturated carbocycles. The second-order valence-electron chi connectivity index (χ2n) is 6.11. The maximum atomic E-state index is 12.6. The first-order valence-corrected chi connectivity index (χ1v) is 8.27. The normalized spacial score (nSPS) is 11.2.